The number of pyridine rings is 1. The van der Waals surface area contributed by atoms with Gasteiger partial charge in [0.1, 0.15) is 5.75 Å². The van der Waals surface area contributed by atoms with Gasteiger partial charge in [-0.2, -0.15) is 0 Å². The molecule has 0 saturated carbocycles. The lowest BCUT2D eigenvalue weighted by Gasteiger charge is -2.28. The summed E-state index contributed by atoms with van der Waals surface area (Å²) >= 11 is 0. The van der Waals surface area contributed by atoms with E-state index in [1.54, 1.807) is 25.6 Å². The normalized spacial score (nSPS) is 18.8. The molecule has 0 bridgehead atoms. The van der Waals surface area contributed by atoms with E-state index in [1.165, 1.54) is 0 Å². The van der Waals surface area contributed by atoms with Gasteiger partial charge in [0.05, 0.1) is 13.3 Å². The number of hydrogen-bond donors (Lipinski definition) is 0. The summed E-state index contributed by atoms with van der Waals surface area (Å²) in [6.07, 6.45) is 6.70. The maximum absolute atomic E-state index is 11.7. The van der Waals surface area contributed by atoms with Crippen LogP contribution in [-0.2, 0) is 4.79 Å². The number of allylic oxidation sites excluding steroid dienone is 2. The largest absolute Gasteiger partial charge is 0.495 e. The number of hydrogen-bond acceptors (Lipinski definition) is 3. The third-order valence-electron chi connectivity index (χ3n) is 2.98. The van der Waals surface area contributed by atoms with Gasteiger partial charge in [-0.15, -0.1) is 0 Å². The van der Waals surface area contributed by atoms with Crippen LogP contribution >= 0.6 is 0 Å². The summed E-state index contributed by atoms with van der Waals surface area (Å²) in [6.45, 7) is 4.23. The van der Waals surface area contributed by atoms with Crippen molar-refractivity contribution in [2.75, 3.05) is 7.11 Å². The summed E-state index contributed by atoms with van der Waals surface area (Å²) in [5.41, 5.74) is 2.06. The van der Waals surface area contributed by atoms with E-state index in [4.69, 9.17) is 4.74 Å². The van der Waals surface area contributed by atoms with E-state index in [2.05, 4.69) is 18.8 Å². The van der Waals surface area contributed by atoms with Crippen LogP contribution < -0.4 is 4.74 Å². The summed E-state index contributed by atoms with van der Waals surface area (Å²) in [5, 5.41) is 0. The third-order valence-corrected chi connectivity index (χ3v) is 2.98. The first-order valence-corrected chi connectivity index (χ1v) is 5.73. The second-order valence-corrected chi connectivity index (χ2v) is 5.27. The Morgan fingerprint density at radius 1 is 1.29 bits per heavy atom. The van der Waals surface area contributed by atoms with E-state index in [-0.39, 0.29) is 11.2 Å². The maximum Gasteiger partial charge on any atom is 0.156 e. The minimum atomic E-state index is 0.0320. The number of methoxy groups -OCH3 is 1. The molecule has 0 unspecified atom stereocenters. The Labute approximate surface area is 102 Å². The molecule has 0 fully saturated rings. The van der Waals surface area contributed by atoms with Crippen molar-refractivity contribution in [2.45, 2.75) is 26.7 Å². The first kappa shape index (κ1) is 11.8. The van der Waals surface area contributed by atoms with Gasteiger partial charge in [-0.05, 0) is 35.1 Å². The van der Waals surface area contributed by atoms with E-state index in [0.717, 1.165) is 23.3 Å². The SMILES string of the molecule is COc1cncc(C2=CC(=O)CC(C)(C)C2)c1. The molecule has 1 heterocycles. The van der Waals surface area contributed by atoms with Gasteiger partial charge in [-0.3, -0.25) is 9.78 Å². The van der Waals surface area contributed by atoms with Crippen LogP contribution in [0, 0.1) is 5.41 Å². The molecule has 0 amide bonds. The second kappa shape index (κ2) is 4.32. The molecule has 90 valence electrons. The van der Waals surface area contributed by atoms with Gasteiger partial charge in [0.25, 0.3) is 0 Å². The number of rotatable bonds is 2. The molecule has 3 heteroatoms. The van der Waals surface area contributed by atoms with Crippen LogP contribution in [0.5, 0.6) is 5.75 Å². The molecule has 0 aromatic carbocycles. The predicted octanol–water partition coefficient (Wildman–Crippen LogP) is 2.86. The summed E-state index contributed by atoms with van der Waals surface area (Å²) in [5.74, 6) is 0.915. The Bertz CT molecular complexity index is 475. The summed E-state index contributed by atoms with van der Waals surface area (Å²) in [7, 11) is 1.62. The molecule has 0 N–H and O–H groups in total. The lowest BCUT2D eigenvalue weighted by Crippen LogP contribution is -2.21. The average Bonchev–Trinajstić information content (AvgIpc) is 2.26. The highest BCUT2D eigenvalue weighted by Gasteiger charge is 2.28. The van der Waals surface area contributed by atoms with Gasteiger partial charge in [0, 0.05) is 12.6 Å². The number of nitrogens with zero attached hydrogens (tertiary/aromatic N) is 1. The molecule has 0 aliphatic heterocycles. The molecular weight excluding hydrogens is 214 g/mol. The molecule has 1 aliphatic carbocycles. The van der Waals surface area contributed by atoms with Crippen molar-refractivity contribution in [3.63, 3.8) is 0 Å². The second-order valence-electron chi connectivity index (χ2n) is 5.27. The Morgan fingerprint density at radius 2 is 2.06 bits per heavy atom. The van der Waals surface area contributed by atoms with Crippen LogP contribution in [0.15, 0.2) is 24.5 Å². The predicted molar refractivity (Wildman–Crippen MR) is 66.8 cm³/mol. The van der Waals surface area contributed by atoms with E-state index in [0.29, 0.717) is 6.42 Å². The minimum Gasteiger partial charge on any atom is -0.495 e. The molecule has 1 aromatic heterocycles. The molecule has 1 aliphatic rings. The molecule has 0 spiro atoms. The van der Waals surface area contributed by atoms with Crippen LogP contribution in [-0.4, -0.2) is 17.9 Å². The molecule has 0 atom stereocenters. The average molecular weight is 231 g/mol. The van der Waals surface area contributed by atoms with Crippen molar-refractivity contribution in [1.82, 2.24) is 4.98 Å². The van der Waals surface area contributed by atoms with Crippen molar-refractivity contribution in [2.24, 2.45) is 5.41 Å². The lowest BCUT2D eigenvalue weighted by atomic mass is 9.75. The third kappa shape index (κ3) is 2.73. The van der Waals surface area contributed by atoms with Gasteiger partial charge >= 0.3 is 0 Å². The zero-order chi connectivity index (χ0) is 12.5. The van der Waals surface area contributed by atoms with Gasteiger partial charge in [0.2, 0.25) is 0 Å². The molecule has 2 rings (SSSR count). The van der Waals surface area contributed by atoms with E-state index in [1.807, 2.05) is 6.07 Å². The molecule has 3 nitrogen and oxygen atoms in total. The Morgan fingerprint density at radius 3 is 2.71 bits per heavy atom. The maximum atomic E-state index is 11.7. The molecule has 0 saturated heterocycles. The summed E-state index contributed by atoms with van der Waals surface area (Å²) in [6, 6.07) is 1.92. The van der Waals surface area contributed by atoms with Crippen molar-refractivity contribution in [3.8, 4) is 5.75 Å². The van der Waals surface area contributed by atoms with Gasteiger partial charge in [0.15, 0.2) is 5.78 Å². The first-order chi connectivity index (χ1) is 8.00. The Balaban J connectivity index is 2.36. The Kier molecular flexibility index (Phi) is 3.01. The van der Waals surface area contributed by atoms with Crippen LogP contribution in [0.2, 0.25) is 0 Å². The highest BCUT2D eigenvalue weighted by Crippen LogP contribution is 2.38. The van der Waals surface area contributed by atoms with Gasteiger partial charge in [-0.25, -0.2) is 0 Å². The van der Waals surface area contributed by atoms with Crippen LogP contribution in [0.1, 0.15) is 32.3 Å². The van der Waals surface area contributed by atoms with E-state index < -0.39 is 0 Å². The quantitative estimate of drug-likeness (QED) is 0.785. The van der Waals surface area contributed by atoms with Crippen molar-refractivity contribution in [1.29, 1.82) is 0 Å². The fourth-order valence-electron chi connectivity index (χ4n) is 2.24. The van der Waals surface area contributed by atoms with Crippen LogP contribution in [0.3, 0.4) is 0 Å². The monoisotopic (exact) mass is 231 g/mol. The van der Waals surface area contributed by atoms with E-state index >= 15 is 0 Å². The van der Waals surface area contributed by atoms with Gasteiger partial charge in [-0.1, -0.05) is 13.8 Å². The lowest BCUT2D eigenvalue weighted by molar-refractivity contribution is -0.116. The van der Waals surface area contributed by atoms with Gasteiger partial charge < -0.3 is 4.74 Å². The zero-order valence-corrected chi connectivity index (χ0v) is 10.5. The van der Waals surface area contributed by atoms with Crippen molar-refractivity contribution in [3.05, 3.63) is 30.1 Å². The summed E-state index contributed by atoms with van der Waals surface area (Å²) in [4.78, 5) is 15.8. The Hall–Kier alpha value is -1.64. The highest BCUT2D eigenvalue weighted by molar-refractivity contribution is 5.99. The fourth-order valence-corrected chi connectivity index (χ4v) is 2.24. The summed E-state index contributed by atoms with van der Waals surface area (Å²) < 4.78 is 5.15. The minimum absolute atomic E-state index is 0.0320. The molecule has 17 heavy (non-hydrogen) atoms. The number of carbonyl (C=O) groups excluding carboxylic acids is 1. The van der Waals surface area contributed by atoms with Crippen molar-refractivity contribution >= 4 is 11.4 Å². The number of carbonyl (C=O) groups is 1. The number of ether oxygens (including phenoxy) is 1. The number of aromatic nitrogens is 1. The zero-order valence-electron chi connectivity index (χ0n) is 10.5. The molecule has 0 radical (unpaired) electrons. The molecular formula is C14H17NO2. The van der Waals surface area contributed by atoms with Crippen molar-refractivity contribution < 1.29 is 9.53 Å². The van der Waals surface area contributed by atoms with E-state index in [9.17, 15) is 4.79 Å². The standard InChI is InChI=1S/C14H17NO2/c1-14(2)6-10(4-12(16)7-14)11-5-13(17-3)9-15-8-11/h4-5,8-9H,6-7H2,1-3H3. The highest BCUT2D eigenvalue weighted by atomic mass is 16.5. The fraction of sp³-hybridized carbons (Fsp3) is 0.429. The topological polar surface area (TPSA) is 39.2 Å². The number of ketones is 1. The van der Waals surface area contributed by atoms with Crippen LogP contribution in [0.4, 0.5) is 0 Å². The van der Waals surface area contributed by atoms with Crippen LogP contribution in [0.25, 0.3) is 5.57 Å². The molecule has 1 aromatic rings. The smallest absolute Gasteiger partial charge is 0.156 e. The first-order valence-electron chi connectivity index (χ1n) is 5.73.